The zero-order valence-electron chi connectivity index (χ0n) is 17.6. The summed E-state index contributed by atoms with van der Waals surface area (Å²) in [6, 6.07) is 19.4. The maximum absolute atomic E-state index is 13.0. The van der Waals surface area contributed by atoms with Crippen LogP contribution in [0.25, 0.3) is 0 Å². The Morgan fingerprint density at radius 3 is 2.44 bits per heavy atom. The molecular formula is C24H24FN3O3S. The summed E-state index contributed by atoms with van der Waals surface area (Å²) in [5, 5.41) is 2.92. The predicted octanol–water partition coefficient (Wildman–Crippen LogP) is 3.81. The van der Waals surface area contributed by atoms with Gasteiger partial charge in [-0.1, -0.05) is 18.2 Å². The quantitative estimate of drug-likeness (QED) is 0.570. The Kier molecular flexibility index (Phi) is 6.14. The van der Waals surface area contributed by atoms with E-state index >= 15 is 0 Å². The van der Waals surface area contributed by atoms with E-state index in [2.05, 4.69) is 34.0 Å². The molecule has 0 saturated carbocycles. The molecule has 0 radical (unpaired) electrons. The van der Waals surface area contributed by atoms with Gasteiger partial charge in [0.15, 0.2) is 0 Å². The summed E-state index contributed by atoms with van der Waals surface area (Å²) >= 11 is 0. The van der Waals surface area contributed by atoms with Gasteiger partial charge in [-0.15, -0.1) is 0 Å². The maximum Gasteiger partial charge on any atom is 0.261 e. The molecule has 0 bridgehead atoms. The topological polar surface area (TPSA) is 78.5 Å². The van der Waals surface area contributed by atoms with Crippen molar-refractivity contribution in [3.8, 4) is 0 Å². The molecule has 6 nitrogen and oxygen atoms in total. The highest BCUT2D eigenvalue weighted by Gasteiger charge is 2.25. The molecule has 8 heteroatoms. The van der Waals surface area contributed by atoms with E-state index in [-0.39, 0.29) is 10.8 Å². The summed E-state index contributed by atoms with van der Waals surface area (Å²) in [6.45, 7) is 3.38. The van der Waals surface area contributed by atoms with Crippen molar-refractivity contribution in [3.05, 3.63) is 89.7 Å². The lowest BCUT2D eigenvalue weighted by Crippen LogP contribution is -2.37. The fourth-order valence-corrected chi connectivity index (χ4v) is 4.94. The van der Waals surface area contributed by atoms with Gasteiger partial charge in [0.2, 0.25) is 0 Å². The number of sulfonamides is 1. The largest absolute Gasteiger partial charge is 0.367 e. The number of carbonyl (C=O) groups excluding carboxylic acids is 1. The molecule has 0 aromatic heterocycles. The van der Waals surface area contributed by atoms with E-state index in [1.165, 1.54) is 35.5 Å². The molecule has 166 valence electrons. The summed E-state index contributed by atoms with van der Waals surface area (Å²) in [5.41, 5.74) is 3.29. The van der Waals surface area contributed by atoms with Crippen molar-refractivity contribution in [1.29, 1.82) is 0 Å². The molecule has 1 aliphatic rings. The summed E-state index contributed by atoms with van der Waals surface area (Å²) < 4.78 is 40.2. The van der Waals surface area contributed by atoms with Gasteiger partial charge in [-0.05, 0) is 73.5 Å². The van der Waals surface area contributed by atoms with Gasteiger partial charge in [0.1, 0.15) is 5.82 Å². The average molecular weight is 454 g/mol. The van der Waals surface area contributed by atoms with Gasteiger partial charge < -0.3 is 10.2 Å². The summed E-state index contributed by atoms with van der Waals surface area (Å²) in [5.74, 6) is -0.735. The number of para-hydroxylation sites is 1. The molecule has 1 aliphatic heterocycles. The van der Waals surface area contributed by atoms with Crippen molar-refractivity contribution in [1.82, 2.24) is 5.32 Å². The van der Waals surface area contributed by atoms with E-state index < -0.39 is 15.8 Å². The number of nitrogens with zero attached hydrogens (tertiary/aromatic N) is 1. The smallest absolute Gasteiger partial charge is 0.261 e. The van der Waals surface area contributed by atoms with Gasteiger partial charge in [-0.2, -0.15) is 0 Å². The van der Waals surface area contributed by atoms with Crippen LogP contribution in [0.2, 0.25) is 0 Å². The number of benzene rings is 3. The standard InChI is InChI=1S/C24H24FN3O3S/c1-17-16-19-4-2-3-5-23(19)28(17)15-14-26-24(29)18-6-10-21(11-7-18)27-32(30,31)22-12-8-20(25)9-13-22/h2-13,17,27H,14-16H2,1H3,(H,26,29). The molecule has 1 atom stereocenters. The van der Waals surface area contributed by atoms with E-state index in [0.717, 1.165) is 18.6 Å². The van der Waals surface area contributed by atoms with Crippen LogP contribution >= 0.6 is 0 Å². The highest BCUT2D eigenvalue weighted by Crippen LogP contribution is 2.31. The van der Waals surface area contributed by atoms with Crippen LogP contribution in [0.15, 0.2) is 77.7 Å². The molecule has 4 rings (SSSR count). The van der Waals surface area contributed by atoms with Gasteiger partial charge in [0.25, 0.3) is 15.9 Å². The minimum atomic E-state index is -3.84. The number of nitrogens with one attached hydrogen (secondary N) is 2. The Balaban J connectivity index is 1.33. The molecule has 32 heavy (non-hydrogen) atoms. The number of hydrogen-bond acceptors (Lipinski definition) is 4. The first-order valence-corrected chi connectivity index (χ1v) is 11.8. The molecule has 0 saturated heterocycles. The number of rotatable bonds is 7. The van der Waals surface area contributed by atoms with Crippen LogP contribution in [-0.4, -0.2) is 33.5 Å². The third-order valence-electron chi connectivity index (χ3n) is 5.51. The third kappa shape index (κ3) is 4.75. The van der Waals surface area contributed by atoms with Crippen molar-refractivity contribution in [2.75, 3.05) is 22.7 Å². The average Bonchev–Trinajstić information content (AvgIpc) is 3.09. The van der Waals surface area contributed by atoms with Gasteiger partial charge in [0.05, 0.1) is 4.90 Å². The monoisotopic (exact) mass is 453 g/mol. The molecule has 1 unspecified atom stereocenters. The number of amides is 1. The Morgan fingerprint density at radius 1 is 1.03 bits per heavy atom. The van der Waals surface area contributed by atoms with Crippen LogP contribution in [0.5, 0.6) is 0 Å². The Morgan fingerprint density at radius 2 is 1.72 bits per heavy atom. The first-order chi connectivity index (χ1) is 15.3. The minimum Gasteiger partial charge on any atom is -0.367 e. The van der Waals surface area contributed by atoms with E-state index in [0.29, 0.717) is 30.4 Å². The molecule has 2 N–H and O–H groups in total. The highest BCUT2D eigenvalue weighted by atomic mass is 32.2. The molecule has 0 fully saturated rings. The normalized spacial score (nSPS) is 15.3. The maximum atomic E-state index is 13.0. The SMILES string of the molecule is CC1Cc2ccccc2N1CCNC(=O)c1ccc(NS(=O)(=O)c2ccc(F)cc2)cc1. The van der Waals surface area contributed by atoms with Crippen molar-refractivity contribution >= 4 is 27.3 Å². The first-order valence-electron chi connectivity index (χ1n) is 10.3. The van der Waals surface area contributed by atoms with Crippen LogP contribution in [0.1, 0.15) is 22.8 Å². The zero-order valence-corrected chi connectivity index (χ0v) is 18.4. The van der Waals surface area contributed by atoms with Crippen LogP contribution in [-0.2, 0) is 16.4 Å². The molecule has 1 amide bonds. The molecule has 3 aromatic rings. The second kappa shape index (κ2) is 9.00. The van der Waals surface area contributed by atoms with Crippen LogP contribution in [0.4, 0.5) is 15.8 Å². The third-order valence-corrected chi connectivity index (χ3v) is 6.91. The molecular weight excluding hydrogens is 429 g/mol. The summed E-state index contributed by atoms with van der Waals surface area (Å²) in [6.07, 6.45) is 0.999. The lowest BCUT2D eigenvalue weighted by atomic mass is 10.1. The van der Waals surface area contributed by atoms with Crippen molar-refractivity contribution in [3.63, 3.8) is 0 Å². The number of carbonyl (C=O) groups is 1. The van der Waals surface area contributed by atoms with E-state index in [1.807, 2.05) is 12.1 Å². The lowest BCUT2D eigenvalue weighted by Gasteiger charge is -2.25. The van der Waals surface area contributed by atoms with Gasteiger partial charge in [0, 0.05) is 36.1 Å². The van der Waals surface area contributed by atoms with E-state index in [1.54, 1.807) is 12.1 Å². The van der Waals surface area contributed by atoms with Crippen molar-refractivity contribution in [2.24, 2.45) is 0 Å². The van der Waals surface area contributed by atoms with Gasteiger partial charge in [-0.3, -0.25) is 9.52 Å². The van der Waals surface area contributed by atoms with Crippen molar-refractivity contribution in [2.45, 2.75) is 24.3 Å². The fraction of sp³-hybridized carbons (Fsp3) is 0.208. The predicted molar refractivity (Wildman–Crippen MR) is 123 cm³/mol. The first kappa shape index (κ1) is 21.8. The van der Waals surface area contributed by atoms with Crippen LogP contribution < -0.4 is 14.9 Å². The van der Waals surface area contributed by atoms with Gasteiger partial charge >= 0.3 is 0 Å². The zero-order chi connectivity index (χ0) is 22.7. The van der Waals surface area contributed by atoms with E-state index in [9.17, 15) is 17.6 Å². The van der Waals surface area contributed by atoms with Crippen LogP contribution in [0, 0.1) is 5.82 Å². The Hall–Kier alpha value is -3.39. The van der Waals surface area contributed by atoms with E-state index in [4.69, 9.17) is 0 Å². The number of hydrogen-bond donors (Lipinski definition) is 2. The second-order valence-corrected chi connectivity index (χ2v) is 9.45. The Bertz CT molecular complexity index is 1210. The Labute approximate surface area is 187 Å². The molecule has 1 heterocycles. The highest BCUT2D eigenvalue weighted by molar-refractivity contribution is 7.92. The lowest BCUT2D eigenvalue weighted by molar-refractivity contribution is 0.0954. The fourth-order valence-electron chi connectivity index (χ4n) is 3.88. The summed E-state index contributed by atoms with van der Waals surface area (Å²) in [4.78, 5) is 14.7. The number of fused-ring (bicyclic) bond motifs is 1. The van der Waals surface area contributed by atoms with Gasteiger partial charge in [-0.25, -0.2) is 12.8 Å². The minimum absolute atomic E-state index is 0.0431. The summed E-state index contributed by atoms with van der Waals surface area (Å²) in [7, 11) is -3.84. The number of anilines is 2. The molecule has 0 spiro atoms. The second-order valence-electron chi connectivity index (χ2n) is 7.77. The molecule has 3 aromatic carbocycles. The molecule has 0 aliphatic carbocycles. The van der Waals surface area contributed by atoms with Crippen LogP contribution in [0.3, 0.4) is 0 Å². The van der Waals surface area contributed by atoms with Crippen molar-refractivity contribution < 1.29 is 17.6 Å². The number of halogens is 1.